The maximum Gasteiger partial charge on any atom is 0.333 e. The van der Waals surface area contributed by atoms with E-state index in [-0.39, 0.29) is 5.97 Å². The van der Waals surface area contributed by atoms with Crippen molar-refractivity contribution in [1.82, 2.24) is 0 Å². The van der Waals surface area contributed by atoms with Crippen molar-refractivity contribution in [2.75, 3.05) is 19.8 Å². The van der Waals surface area contributed by atoms with Crippen LogP contribution in [0.1, 0.15) is 155 Å². The highest BCUT2D eigenvalue weighted by molar-refractivity contribution is 5.86. The Morgan fingerprint density at radius 2 is 0.692 bits per heavy atom. The Balaban J connectivity index is 1.19. The minimum atomic E-state index is -0.274. The average molecular weight is 711 g/mol. The van der Waals surface area contributed by atoms with Crippen molar-refractivity contribution in [1.29, 1.82) is 0 Å². The van der Waals surface area contributed by atoms with Crippen LogP contribution in [0.5, 0.6) is 11.5 Å². The second-order valence-corrected chi connectivity index (χ2v) is 14.7. The number of rotatable bonds is 31. The average Bonchev–Trinajstić information content (AvgIpc) is 3.17. The highest BCUT2D eigenvalue weighted by Crippen LogP contribution is 2.28. The molecule has 0 aliphatic heterocycles. The molecule has 0 atom stereocenters. The van der Waals surface area contributed by atoms with Gasteiger partial charge in [-0.2, -0.15) is 0 Å². The molecule has 52 heavy (non-hydrogen) atoms. The van der Waals surface area contributed by atoms with Crippen LogP contribution < -0.4 is 9.47 Å². The summed E-state index contributed by atoms with van der Waals surface area (Å²) < 4.78 is 17.2. The third kappa shape index (κ3) is 19.3. The molecule has 3 aromatic carbocycles. The van der Waals surface area contributed by atoms with Crippen LogP contribution in [0.15, 0.2) is 84.9 Å². The fourth-order valence-corrected chi connectivity index (χ4v) is 6.57. The summed E-state index contributed by atoms with van der Waals surface area (Å²) in [6, 6.07) is 25.8. The molecule has 0 N–H and O–H groups in total. The molecular formula is C48H70O4. The number of esters is 1. The van der Waals surface area contributed by atoms with Crippen LogP contribution in [0.25, 0.3) is 22.3 Å². The van der Waals surface area contributed by atoms with Crippen LogP contribution in [-0.2, 0) is 9.53 Å². The quantitative estimate of drug-likeness (QED) is 0.0379. The van der Waals surface area contributed by atoms with E-state index in [2.05, 4.69) is 86.3 Å². The monoisotopic (exact) mass is 711 g/mol. The number of carbonyl (C=O) groups excluding carboxylic acids is 1. The molecule has 0 saturated carbocycles. The van der Waals surface area contributed by atoms with Gasteiger partial charge in [0.15, 0.2) is 0 Å². The van der Waals surface area contributed by atoms with Gasteiger partial charge in [-0.15, -0.1) is 0 Å². The number of benzene rings is 3. The van der Waals surface area contributed by atoms with Crippen molar-refractivity contribution in [3.63, 3.8) is 0 Å². The summed E-state index contributed by atoms with van der Waals surface area (Å²) in [4.78, 5) is 11.4. The molecular weight excluding hydrogens is 641 g/mol. The van der Waals surface area contributed by atoms with Gasteiger partial charge in [0.1, 0.15) is 11.5 Å². The van der Waals surface area contributed by atoms with Crippen molar-refractivity contribution in [2.45, 2.75) is 155 Å². The first-order valence-electron chi connectivity index (χ1n) is 21.0. The van der Waals surface area contributed by atoms with Crippen LogP contribution >= 0.6 is 0 Å². The lowest BCUT2D eigenvalue weighted by atomic mass is 10.0. The summed E-state index contributed by atoms with van der Waals surface area (Å²) in [5.74, 6) is 1.63. The zero-order valence-corrected chi connectivity index (χ0v) is 32.9. The van der Waals surface area contributed by atoms with Gasteiger partial charge in [0.25, 0.3) is 0 Å². The summed E-state index contributed by atoms with van der Waals surface area (Å²) in [7, 11) is 0. The first-order valence-corrected chi connectivity index (χ1v) is 21.0. The third-order valence-electron chi connectivity index (χ3n) is 9.92. The van der Waals surface area contributed by atoms with Crippen LogP contribution in [0.3, 0.4) is 0 Å². The fourth-order valence-electron chi connectivity index (χ4n) is 6.57. The van der Waals surface area contributed by atoms with E-state index in [1.54, 1.807) is 6.92 Å². The molecule has 0 aromatic heterocycles. The highest BCUT2D eigenvalue weighted by Gasteiger charge is 2.04. The SMILES string of the molecule is C=C(C)C(=O)OCCCCCCCCCCCCOc1ccc(-c2ccc(-c3ccc(OCCCCCCCCCCCCCC)cc3)cc2)cc1. The summed E-state index contributed by atoms with van der Waals surface area (Å²) in [6.07, 6.45) is 28.4. The van der Waals surface area contributed by atoms with E-state index in [0.29, 0.717) is 12.2 Å². The Hall–Kier alpha value is -3.53. The minimum absolute atomic E-state index is 0.274. The molecule has 4 nitrogen and oxygen atoms in total. The topological polar surface area (TPSA) is 44.8 Å². The number of ether oxygens (including phenoxy) is 3. The summed E-state index contributed by atoms with van der Waals surface area (Å²) in [6.45, 7) is 9.66. The van der Waals surface area contributed by atoms with Crippen molar-refractivity contribution in [3.8, 4) is 33.8 Å². The van der Waals surface area contributed by atoms with Crippen LogP contribution in [0.4, 0.5) is 0 Å². The molecule has 286 valence electrons. The van der Waals surface area contributed by atoms with Crippen LogP contribution in [0, 0.1) is 0 Å². The zero-order valence-electron chi connectivity index (χ0n) is 32.9. The van der Waals surface area contributed by atoms with Crippen molar-refractivity contribution < 1.29 is 19.0 Å². The molecule has 0 bridgehead atoms. The molecule has 0 amide bonds. The molecule has 4 heteroatoms. The van der Waals surface area contributed by atoms with E-state index in [1.807, 2.05) is 0 Å². The van der Waals surface area contributed by atoms with Crippen LogP contribution in [-0.4, -0.2) is 25.8 Å². The first-order chi connectivity index (χ1) is 25.6. The van der Waals surface area contributed by atoms with Crippen molar-refractivity contribution >= 4 is 5.97 Å². The largest absolute Gasteiger partial charge is 0.494 e. The molecule has 0 spiro atoms. The standard InChI is InChI=1S/C48H70O4/c1-4-5-6-7-8-9-10-11-14-17-20-23-38-50-46-34-30-44(31-35-46)42-26-28-43(29-27-42)45-32-36-47(37-33-45)51-39-24-21-18-15-12-13-16-19-22-25-40-52-48(49)41(2)3/h26-37H,2,4-25,38-40H2,1,3H3. The smallest absolute Gasteiger partial charge is 0.333 e. The van der Waals surface area contributed by atoms with E-state index in [4.69, 9.17) is 14.2 Å². The van der Waals surface area contributed by atoms with Gasteiger partial charge in [0, 0.05) is 5.57 Å². The van der Waals surface area contributed by atoms with E-state index >= 15 is 0 Å². The number of carbonyl (C=O) groups is 1. The molecule has 0 aliphatic carbocycles. The first kappa shape index (κ1) is 42.9. The van der Waals surface area contributed by atoms with Gasteiger partial charge in [-0.25, -0.2) is 4.79 Å². The lowest BCUT2D eigenvalue weighted by molar-refractivity contribution is -0.139. The lowest BCUT2D eigenvalue weighted by Crippen LogP contribution is -2.05. The maximum atomic E-state index is 11.4. The summed E-state index contributed by atoms with van der Waals surface area (Å²) >= 11 is 0. The molecule has 0 fully saturated rings. The molecule has 3 rings (SSSR count). The molecule has 0 radical (unpaired) electrons. The predicted molar refractivity (Wildman–Crippen MR) is 221 cm³/mol. The Labute approximate surface area is 317 Å². The van der Waals surface area contributed by atoms with Gasteiger partial charge >= 0.3 is 5.97 Å². The molecule has 0 aliphatic rings. The Morgan fingerprint density at radius 3 is 1.00 bits per heavy atom. The van der Waals surface area contributed by atoms with Gasteiger partial charge in [0.2, 0.25) is 0 Å². The van der Waals surface area contributed by atoms with Crippen LogP contribution in [0.2, 0.25) is 0 Å². The summed E-state index contributed by atoms with van der Waals surface area (Å²) in [5, 5.41) is 0. The molecule has 0 unspecified atom stereocenters. The second kappa shape index (κ2) is 28.0. The third-order valence-corrected chi connectivity index (χ3v) is 9.92. The van der Waals surface area contributed by atoms with Gasteiger partial charge in [-0.1, -0.05) is 184 Å². The van der Waals surface area contributed by atoms with Crippen molar-refractivity contribution in [3.05, 3.63) is 84.9 Å². The number of hydrogen-bond acceptors (Lipinski definition) is 4. The zero-order chi connectivity index (χ0) is 36.9. The maximum absolute atomic E-state index is 11.4. The predicted octanol–water partition coefficient (Wildman–Crippen LogP) is 14.5. The van der Waals surface area contributed by atoms with E-state index in [9.17, 15) is 4.79 Å². The molecule has 3 aromatic rings. The van der Waals surface area contributed by atoms with Gasteiger partial charge in [-0.05, 0) is 72.7 Å². The van der Waals surface area contributed by atoms with Gasteiger partial charge in [0.05, 0.1) is 19.8 Å². The highest BCUT2D eigenvalue weighted by atomic mass is 16.5. The fraction of sp³-hybridized carbons (Fsp3) is 0.562. The normalized spacial score (nSPS) is 11.0. The molecule has 0 saturated heterocycles. The van der Waals surface area contributed by atoms with Crippen molar-refractivity contribution in [2.24, 2.45) is 0 Å². The van der Waals surface area contributed by atoms with E-state index < -0.39 is 0 Å². The Bertz CT molecular complexity index is 1330. The second-order valence-electron chi connectivity index (χ2n) is 14.7. The Kier molecular flexibility index (Phi) is 23.1. The summed E-state index contributed by atoms with van der Waals surface area (Å²) in [5.41, 5.74) is 5.31. The van der Waals surface area contributed by atoms with E-state index in [1.165, 1.54) is 138 Å². The lowest BCUT2D eigenvalue weighted by Gasteiger charge is -2.09. The number of unbranched alkanes of at least 4 members (excludes halogenated alkanes) is 20. The van der Waals surface area contributed by atoms with Gasteiger partial charge < -0.3 is 14.2 Å². The van der Waals surface area contributed by atoms with E-state index in [0.717, 1.165) is 50.4 Å². The minimum Gasteiger partial charge on any atom is -0.494 e. The molecule has 0 heterocycles. The van der Waals surface area contributed by atoms with Gasteiger partial charge in [-0.3, -0.25) is 0 Å². The Morgan fingerprint density at radius 1 is 0.423 bits per heavy atom. The number of hydrogen-bond donors (Lipinski definition) is 0.